The Bertz CT molecular complexity index is 1750. The molecule has 220 valence electrons. The first kappa shape index (κ1) is 29.1. The summed E-state index contributed by atoms with van der Waals surface area (Å²) >= 11 is 0. The van der Waals surface area contributed by atoms with Gasteiger partial charge in [-0.05, 0) is 50.1 Å². The molecule has 4 amide bonds. The van der Waals surface area contributed by atoms with Crippen molar-refractivity contribution in [3.05, 3.63) is 96.3 Å². The van der Waals surface area contributed by atoms with Crippen LogP contribution in [-0.4, -0.2) is 45.8 Å². The molecule has 0 fully saturated rings. The third kappa shape index (κ3) is 7.10. The average molecular weight is 578 g/mol. The number of anilines is 3. The van der Waals surface area contributed by atoms with Gasteiger partial charge in [0, 0.05) is 43.2 Å². The molecule has 0 radical (unpaired) electrons. The van der Waals surface area contributed by atoms with Gasteiger partial charge in [-0.3, -0.25) is 10.6 Å². The normalized spacial score (nSPS) is 10.8. The van der Waals surface area contributed by atoms with Crippen molar-refractivity contribution < 1.29 is 14.3 Å². The summed E-state index contributed by atoms with van der Waals surface area (Å²) in [6.07, 6.45) is 4.47. The Morgan fingerprint density at radius 2 is 1.67 bits per heavy atom. The third-order valence-corrected chi connectivity index (χ3v) is 6.80. The topological polar surface area (TPSA) is 113 Å². The summed E-state index contributed by atoms with van der Waals surface area (Å²) in [6, 6.07) is 23.9. The second-order valence-electron chi connectivity index (χ2n) is 10.4. The number of nitrogens with zero attached hydrogens (tertiary/aromatic N) is 4. The minimum atomic E-state index is -0.385. The zero-order chi connectivity index (χ0) is 30.3. The number of hydrogen-bond donors (Lipinski definition) is 3. The van der Waals surface area contributed by atoms with Gasteiger partial charge in [-0.2, -0.15) is 5.10 Å². The first-order chi connectivity index (χ1) is 20.8. The van der Waals surface area contributed by atoms with Crippen molar-refractivity contribution in [3.63, 3.8) is 0 Å². The van der Waals surface area contributed by atoms with E-state index < -0.39 is 0 Å². The van der Waals surface area contributed by atoms with Gasteiger partial charge in [0.25, 0.3) is 0 Å². The molecule has 0 bridgehead atoms. The maximum absolute atomic E-state index is 13.3. The van der Waals surface area contributed by atoms with Crippen LogP contribution in [-0.2, 0) is 6.42 Å². The van der Waals surface area contributed by atoms with E-state index in [-0.39, 0.29) is 12.1 Å². The molecule has 10 nitrogen and oxygen atoms in total. The fourth-order valence-corrected chi connectivity index (χ4v) is 4.51. The summed E-state index contributed by atoms with van der Waals surface area (Å²) in [4.78, 5) is 30.9. The summed E-state index contributed by atoms with van der Waals surface area (Å²) in [5, 5.41) is 15.1. The van der Waals surface area contributed by atoms with E-state index in [2.05, 4.69) is 27.9 Å². The standard InChI is InChI=1S/C33H35N7O3/c1-5-6-9-23-20-31(40(38-23)24-14-12-22(2)13-15-24)37-32(41)35-28-16-17-29(27-11-8-7-10-26(27)28)43-25-18-19-34-30(21-25)36-33(42)39(3)4/h7-8,10-21H,5-6,9H2,1-4H3,(H,34,36,42)(H2,35,37,41). The predicted molar refractivity (Wildman–Crippen MR) is 171 cm³/mol. The lowest BCUT2D eigenvalue weighted by Gasteiger charge is -2.15. The summed E-state index contributed by atoms with van der Waals surface area (Å²) in [5.74, 6) is 2.07. The summed E-state index contributed by atoms with van der Waals surface area (Å²) in [7, 11) is 3.31. The van der Waals surface area contributed by atoms with Crippen molar-refractivity contribution in [3.8, 4) is 17.2 Å². The fourth-order valence-electron chi connectivity index (χ4n) is 4.51. The number of rotatable bonds is 9. The molecule has 0 aliphatic heterocycles. The van der Waals surface area contributed by atoms with Crippen molar-refractivity contribution in [1.29, 1.82) is 0 Å². The second kappa shape index (κ2) is 13.1. The van der Waals surface area contributed by atoms with Gasteiger partial charge in [0.1, 0.15) is 23.1 Å². The molecule has 3 aromatic carbocycles. The van der Waals surface area contributed by atoms with Crippen LogP contribution in [0.15, 0.2) is 85.1 Å². The van der Waals surface area contributed by atoms with Crippen LogP contribution < -0.4 is 20.7 Å². The lowest BCUT2D eigenvalue weighted by molar-refractivity contribution is 0.230. The van der Waals surface area contributed by atoms with Crippen LogP contribution >= 0.6 is 0 Å². The van der Waals surface area contributed by atoms with E-state index in [1.807, 2.05) is 61.5 Å². The smallest absolute Gasteiger partial charge is 0.324 e. The predicted octanol–water partition coefficient (Wildman–Crippen LogP) is 7.60. The lowest BCUT2D eigenvalue weighted by Crippen LogP contribution is -2.27. The number of amides is 4. The summed E-state index contributed by atoms with van der Waals surface area (Å²) < 4.78 is 7.96. The fraction of sp³-hybridized carbons (Fsp3) is 0.212. The number of ether oxygens (including phenoxy) is 1. The SMILES string of the molecule is CCCCc1cc(NC(=O)Nc2ccc(Oc3ccnc(NC(=O)N(C)C)c3)c3ccccc23)n(-c2ccc(C)cc2)n1. The van der Waals surface area contributed by atoms with E-state index in [1.54, 1.807) is 49.2 Å². The van der Waals surface area contributed by atoms with Crippen molar-refractivity contribution >= 4 is 40.2 Å². The molecule has 2 heterocycles. The molecule has 10 heteroatoms. The van der Waals surface area contributed by atoms with Gasteiger partial charge in [0.05, 0.1) is 17.1 Å². The maximum Gasteiger partial charge on any atom is 0.324 e. The van der Waals surface area contributed by atoms with E-state index in [1.165, 1.54) is 4.90 Å². The zero-order valence-corrected chi connectivity index (χ0v) is 24.7. The number of unbranched alkanes of at least 4 members (excludes halogenated alkanes) is 1. The largest absolute Gasteiger partial charge is 0.457 e. The molecule has 0 atom stereocenters. The minimum Gasteiger partial charge on any atom is -0.457 e. The van der Waals surface area contributed by atoms with Crippen LogP contribution in [0.25, 0.3) is 16.5 Å². The van der Waals surface area contributed by atoms with Crippen molar-refractivity contribution in [2.45, 2.75) is 33.1 Å². The molecule has 2 aromatic heterocycles. The van der Waals surface area contributed by atoms with E-state index in [4.69, 9.17) is 9.84 Å². The van der Waals surface area contributed by atoms with Crippen LogP contribution in [0.5, 0.6) is 11.5 Å². The second-order valence-corrected chi connectivity index (χ2v) is 10.4. The minimum absolute atomic E-state index is 0.289. The van der Waals surface area contributed by atoms with Crippen LogP contribution in [0, 0.1) is 6.92 Å². The molecule has 43 heavy (non-hydrogen) atoms. The number of aromatic nitrogens is 3. The number of carbonyl (C=O) groups excluding carboxylic acids is 2. The molecule has 0 saturated heterocycles. The van der Waals surface area contributed by atoms with Gasteiger partial charge in [-0.15, -0.1) is 0 Å². The highest BCUT2D eigenvalue weighted by Crippen LogP contribution is 2.35. The zero-order valence-electron chi connectivity index (χ0n) is 24.7. The Morgan fingerprint density at radius 1 is 0.907 bits per heavy atom. The number of nitrogens with one attached hydrogen (secondary N) is 3. The highest BCUT2D eigenvalue weighted by atomic mass is 16.5. The van der Waals surface area contributed by atoms with Gasteiger partial charge in [0.15, 0.2) is 0 Å². The van der Waals surface area contributed by atoms with Gasteiger partial charge in [0.2, 0.25) is 0 Å². The van der Waals surface area contributed by atoms with Gasteiger partial charge in [-0.25, -0.2) is 19.3 Å². The molecule has 5 aromatic rings. The number of carbonyl (C=O) groups is 2. The van der Waals surface area contributed by atoms with Gasteiger partial charge >= 0.3 is 12.1 Å². The summed E-state index contributed by atoms with van der Waals surface area (Å²) in [5.41, 5.74) is 3.57. The average Bonchev–Trinajstić information content (AvgIpc) is 3.40. The molecule has 0 spiro atoms. The molecule has 0 aliphatic carbocycles. The molecular formula is C33H35N7O3. The Kier molecular flexibility index (Phi) is 8.85. The van der Waals surface area contributed by atoms with Crippen LogP contribution in [0.4, 0.5) is 26.9 Å². The van der Waals surface area contributed by atoms with Crippen LogP contribution in [0.1, 0.15) is 31.0 Å². The molecule has 0 unspecified atom stereocenters. The molecule has 0 aliphatic rings. The third-order valence-electron chi connectivity index (χ3n) is 6.80. The van der Waals surface area contributed by atoms with E-state index >= 15 is 0 Å². The number of benzene rings is 3. The number of fused-ring (bicyclic) bond motifs is 1. The molecule has 0 saturated carbocycles. The van der Waals surface area contributed by atoms with Crippen LogP contribution in [0.3, 0.4) is 0 Å². The van der Waals surface area contributed by atoms with Crippen molar-refractivity contribution in [2.75, 3.05) is 30.0 Å². The number of aryl methyl sites for hydroxylation is 2. The van der Waals surface area contributed by atoms with Crippen molar-refractivity contribution in [1.82, 2.24) is 19.7 Å². The Labute approximate surface area is 250 Å². The number of pyridine rings is 1. The Morgan fingerprint density at radius 3 is 2.42 bits per heavy atom. The van der Waals surface area contributed by atoms with E-state index in [0.29, 0.717) is 28.8 Å². The van der Waals surface area contributed by atoms with Gasteiger partial charge in [-0.1, -0.05) is 55.3 Å². The molecule has 5 rings (SSSR count). The van der Waals surface area contributed by atoms with Crippen molar-refractivity contribution in [2.24, 2.45) is 0 Å². The van der Waals surface area contributed by atoms with E-state index in [0.717, 1.165) is 47.0 Å². The number of hydrogen-bond acceptors (Lipinski definition) is 5. The summed E-state index contributed by atoms with van der Waals surface area (Å²) in [6.45, 7) is 4.18. The quantitative estimate of drug-likeness (QED) is 0.167. The lowest BCUT2D eigenvalue weighted by atomic mass is 10.1. The van der Waals surface area contributed by atoms with Gasteiger partial charge < -0.3 is 15.0 Å². The van der Waals surface area contributed by atoms with Crippen LogP contribution in [0.2, 0.25) is 0 Å². The Hall–Kier alpha value is -5.38. The highest BCUT2D eigenvalue weighted by Gasteiger charge is 2.15. The molecular weight excluding hydrogens is 542 g/mol. The number of urea groups is 2. The first-order valence-corrected chi connectivity index (χ1v) is 14.2. The first-order valence-electron chi connectivity index (χ1n) is 14.2. The monoisotopic (exact) mass is 577 g/mol. The Balaban J connectivity index is 1.37. The highest BCUT2D eigenvalue weighted by molar-refractivity contribution is 6.07. The molecule has 3 N–H and O–H groups in total. The maximum atomic E-state index is 13.3. The van der Waals surface area contributed by atoms with E-state index in [9.17, 15) is 9.59 Å².